The van der Waals surface area contributed by atoms with Crippen molar-refractivity contribution >= 4 is 33.3 Å². The van der Waals surface area contributed by atoms with Crippen LogP contribution in [0.15, 0.2) is 53.6 Å². The van der Waals surface area contributed by atoms with Gasteiger partial charge in [0.1, 0.15) is 5.82 Å². The second-order valence-electron chi connectivity index (χ2n) is 5.29. The smallest absolute Gasteiger partial charge is 0.263 e. The number of pyridine rings is 1. The van der Waals surface area contributed by atoms with Crippen molar-refractivity contribution in [3.05, 3.63) is 48.7 Å². The predicted octanol–water partition coefficient (Wildman–Crippen LogP) is 1.93. The van der Waals surface area contributed by atoms with E-state index in [2.05, 4.69) is 9.71 Å². The molecular weight excluding hydrogens is 330 g/mol. The molecule has 0 bridgehead atoms. The maximum Gasteiger partial charge on any atom is 0.263 e. The van der Waals surface area contributed by atoms with Crippen molar-refractivity contribution in [2.24, 2.45) is 0 Å². The summed E-state index contributed by atoms with van der Waals surface area (Å²) in [5.41, 5.74) is 0.376. The SMILES string of the molecule is O=C1CCCC(=O)N1c1ccc(S(=O)(=O)Nc2ccccn2)cc1. The molecule has 3 rings (SSSR count). The summed E-state index contributed by atoms with van der Waals surface area (Å²) in [5, 5.41) is 0. The van der Waals surface area contributed by atoms with E-state index in [4.69, 9.17) is 0 Å². The molecule has 1 aromatic heterocycles. The number of nitrogens with one attached hydrogen (secondary N) is 1. The molecule has 7 nitrogen and oxygen atoms in total. The van der Waals surface area contributed by atoms with Crippen LogP contribution in [-0.4, -0.2) is 25.2 Å². The molecule has 0 unspecified atom stereocenters. The summed E-state index contributed by atoms with van der Waals surface area (Å²) in [6.07, 6.45) is 2.66. The van der Waals surface area contributed by atoms with Crippen LogP contribution < -0.4 is 9.62 Å². The number of aromatic nitrogens is 1. The number of hydrogen-bond donors (Lipinski definition) is 1. The second-order valence-corrected chi connectivity index (χ2v) is 6.97. The predicted molar refractivity (Wildman–Crippen MR) is 87.8 cm³/mol. The Kier molecular flexibility index (Phi) is 4.30. The molecule has 1 saturated heterocycles. The van der Waals surface area contributed by atoms with Crippen LogP contribution in [0.1, 0.15) is 19.3 Å². The van der Waals surface area contributed by atoms with E-state index in [-0.39, 0.29) is 22.5 Å². The summed E-state index contributed by atoms with van der Waals surface area (Å²) in [6.45, 7) is 0. The zero-order valence-electron chi connectivity index (χ0n) is 12.7. The highest BCUT2D eigenvalue weighted by molar-refractivity contribution is 7.92. The molecular formula is C16H15N3O4S. The van der Waals surface area contributed by atoms with Gasteiger partial charge in [-0.1, -0.05) is 6.07 Å². The molecule has 0 spiro atoms. The Balaban J connectivity index is 1.83. The molecule has 1 fully saturated rings. The highest BCUT2D eigenvalue weighted by Gasteiger charge is 2.27. The molecule has 1 aliphatic rings. The summed E-state index contributed by atoms with van der Waals surface area (Å²) in [6, 6.07) is 10.5. The molecule has 1 aromatic carbocycles. The Hall–Kier alpha value is -2.74. The number of sulfonamides is 1. The van der Waals surface area contributed by atoms with Crippen LogP contribution in [0.5, 0.6) is 0 Å². The summed E-state index contributed by atoms with van der Waals surface area (Å²) in [5.74, 6) is -0.329. The number of anilines is 2. The van der Waals surface area contributed by atoms with Gasteiger partial charge in [0.05, 0.1) is 10.6 Å². The molecule has 0 aliphatic carbocycles. The van der Waals surface area contributed by atoms with Crippen molar-refractivity contribution in [1.29, 1.82) is 0 Å². The molecule has 8 heteroatoms. The Morgan fingerprint density at radius 2 is 1.62 bits per heavy atom. The zero-order chi connectivity index (χ0) is 17.2. The number of amides is 2. The third-order valence-electron chi connectivity index (χ3n) is 3.59. The summed E-state index contributed by atoms with van der Waals surface area (Å²) in [4.78, 5) is 28.8. The minimum absolute atomic E-state index is 0.0220. The number of rotatable bonds is 4. The standard InChI is InChI=1S/C16H15N3O4S/c20-15-5-3-6-16(21)19(15)12-7-9-13(10-8-12)24(22,23)18-14-4-1-2-11-17-14/h1-2,4,7-11H,3,5-6H2,(H,17,18). The fourth-order valence-electron chi connectivity index (χ4n) is 2.44. The largest absolute Gasteiger partial charge is 0.274 e. The van der Waals surface area contributed by atoms with Gasteiger partial charge in [-0.3, -0.25) is 19.2 Å². The number of benzene rings is 1. The lowest BCUT2D eigenvalue weighted by Crippen LogP contribution is -2.40. The molecule has 1 N–H and O–H groups in total. The highest BCUT2D eigenvalue weighted by Crippen LogP contribution is 2.24. The Bertz CT molecular complexity index is 848. The second kappa shape index (κ2) is 6.40. The van der Waals surface area contributed by atoms with E-state index in [1.807, 2.05) is 0 Å². The van der Waals surface area contributed by atoms with Gasteiger partial charge in [0.2, 0.25) is 11.8 Å². The van der Waals surface area contributed by atoms with Gasteiger partial charge < -0.3 is 0 Å². The van der Waals surface area contributed by atoms with Crippen LogP contribution in [0.25, 0.3) is 0 Å². The van der Waals surface area contributed by atoms with Crippen LogP contribution in [0.4, 0.5) is 11.5 Å². The van der Waals surface area contributed by atoms with Crippen molar-refractivity contribution in [2.45, 2.75) is 24.2 Å². The maximum atomic E-state index is 12.3. The fraction of sp³-hybridized carbons (Fsp3) is 0.188. The van der Waals surface area contributed by atoms with Crippen LogP contribution in [0, 0.1) is 0 Å². The first-order valence-corrected chi connectivity index (χ1v) is 8.85. The Morgan fingerprint density at radius 3 is 2.21 bits per heavy atom. The van der Waals surface area contributed by atoms with Crippen molar-refractivity contribution in [3.63, 3.8) is 0 Å². The first kappa shape index (κ1) is 16.1. The number of carbonyl (C=O) groups excluding carboxylic acids is 2. The van der Waals surface area contributed by atoms with Crippen LogP contribution >= 0.6 is 0 Å². The topological polar surface area (TPSA) is 96.4 Å². The Labute approximate surface area is 139 Å². The van der Waals surface area contributed by atoms with E-state index in [9.17, 15) is 18.0 Å². The fourth-order valence-corrected chi connectivity index (χ4v) is 3.44. The first-order valence-electron chi connectivity index (χ1n) is 7.37. The first-order chi connectivity index (χ1) is 11.5. The number of hydrogen-bond acceptors (Lipinski definition) is 5. The highest BCUT2D eigenvalue weighted by atomic mass is 32.2. The summed E-state index contributed by atoms with van der Waals surface area (Å²) >= 11 is 0. The van der Waals surface area contributed by atoms with Gasteiger partial charge in [-0.25, -0.2) is 13.4 Å². The van der Waals surface area contributed by atoms with E-state index in [0.717, 1.165) is 4.90 Å². The van der Waals surface area contributed by atoms with Gasteiger partial charge in [0, 0.05) is 19.0 Å². The van der Waals surface area contributed by atoms with Crippen molar-refractivity contribution in [1.82, 2.24) is 4.98 Å². The molecule has 2 amide bonds. The summed E-state index contributed by atoms with van der Waals surface area (Å²) in [7, 11) is -3.79. The van der Waals surface area contributed by atoms with Gasteiger partial charge in [-0.15, -0.1) is 0 Å². The van der Waals surface area contributed by atoms with Crippen molar-refractivity contribution in [3.8, 4) is 0 Å². The van der Waals surface area contributed by atoms with Gasteiger partial charge >= 0.3 is 0 Å². The van der Waals surface area contributed by atoms with E-state index in [1.165, 1.54) is 36.5 Å². The monoisotopic (exact) mass is 345 g/mol. The third kappa shape index (κ3) is 3.28. The molecule has 0 radical (unpaired) electrons. The lowest BCUT2D eigenvalue weighted by Gasteiger charge is -2.24. The van der Waals surface area contributed by atoms with Gasteiger partial charge in [0.15, 0.2) is 0 Å². The summed E-state index contributed by atoms with van der Waals surface area (Å²) < 4.78 is 27.0. The average Bonchev–Trinajstić information content (AvgIpc) is 2.56. The van der Waals surface area contributed by atoms with E-state index < -0.39 is 10.0 Å². The van der Waals surface area contributed by atoms with Crippen LogP contribution in [0.3, 0.4) is 0 Å². The van der Waals surface area contributed by atoms with Crippen LogP contribution in [-0.2, 0) is 19.6 Å². The molecule has 24 heavy (non-hydrogen) atoms. The van der Waals surface area contributed by atoms with E-state index in [0.29, 0.717) is 24.9 Å². The van der Waals surface area contributed by atoms with Crippen molar-refractivity contribution in [2.75, 3.05) is 9.62 Å². The van der Waals surface area contributed by atoms with E-state index >= 15 is 0 Å². The number of carbonyl (C=O) groups is 2. The van der Waals surface area contributed by atoms with Gasteiger partial charge in [0.25, 0.3) is 10.0 Å². The number of nitrogens with zero attached hydrogens (tertiary/aromatic N) is 2. The van der Waals surface area contributed by atoms with E-state index in [1.54, 1.807) is 12.1 Å². The third-order valence-corrected chi connectivity index (χ3v) is 4.96. The van der Waals surface area contributed by atoms with Crippen LogP contribution in [0.2, 0.25) is 0 Å². The van der Waals surface area contributed by atoms with Crippen molar-refractivity contribution < 1.29 is 18.0 Å². The number of piperidine rings is 1. The molecule has 0 atom stereocenters. The molecule has 124 valence electrons. The molecule has 2 heterocycles. The zero-order valence-corrected chi connectivity index (χ0v) is 13.5. The average molecular weight is 345 g/mol. The van der Waals surface area contributed by atoms with Gasteiger partial charge in [-0.05, 0) is 42.8 Å². The molecule has 2 aromatic rings. The molecule has 1 aliphatic heterocycles. The van der Waals surface area contributed by atoms with Gasteiger partial charge in [-0.2, -0.15) is 0 Å². The Morgan fingerprint density at radius 1 is 0.958 bits per heavy atom. The minimum atomic E-state index is -3.79. The molecule has 0 saturated carbocycles. The quantitative estimate of drug-likeness (QED) is 0.854. The lowest BCUT2D eigenvalue weighted by atomic mass is 10.1. The normalized spacial score (nSPS) is 15.4. The maximum absolute atomic E-state index is 12.3. The minimum Gasteiger partial charge on any atom is -0.274 e. The lowest BCUT2D eigenvalue weighted by molar-refractivity contribution is -0.129. The number of imide groups is 1.